The molecule has 0 rings (SSSR count). The Hall–Kier alpha value is -0.0400. The first-order chi connectivity index (χ1) is 2.81. The van der Waals surface area contributed by atoms with Gasteiger partial charge in [-0.05, 0) is 17.5 Å². The third-order valence-electron chi connectivity index (χ3n) is 0.494. The van der Waals surface area contributed by atoms with E-state index in [0.29, 0.717) is 0 Å². The highest BCUT2D eigenvalue weighted by Gasteiger charge is 1.68. The molecule has 34 valence electrons. The fourth-order valence-electron chi connectivity index (χ4n) is 0.0445. The van der Waals surface area contributed by atoms with Crippen molar-refractivity contribution in [3.8, 4) is 0 Å². The highest BCUT2D eigenvalue weighted by Crippen LogP contribution is 1.95. The molecule has 0 aromatic heterocycles. The quantitative estimate of drug-likeness (QED) is 0.499. The van der Waals surface area contributed by atoms with E-state index in [4.69, 9.17) is 0 Å². The van der Waals surface area contributed by atoms with Crippen molar-refractivity contribution in [1.82, 2.24) is 0 Å². The van der Waals surface area contributed by atoms with Gasteiger partial charge in [-0.25, -0.2) is 0 Å². The lowest BCUT2D eigenvalue weighted by atomic mass is 10.4. The van der Waals surface area contributed by atoms with E-state index in [-0.39, 0.29) is 0 Å². The van der Waals surface area contributed by atoms with Crippen LogP contribution >= 0.6 is 15.9 Å². The van der Waals surface area contributed by atoms with Gasteiger partial charge in [-0.15, -0.1) is 0 Å². The number of rotatable bonds is 1. The lowest BCUT2D eigenvalue weighted by Gasteiger charge is -1.77. The fraction of sp³-hybridized carbons (Fsp3) is 0.200. The van der Waals surface area contributed by atoms with Crippen molar-refractivity contribution >= 4 is 15.9 Å². The molecule has 0 aliphatic carbocycles. The van der Waals surface area contributed by atoms with Crippen LogP contribution in [0.15, 0.2) is 23.2 Å². The Bertz CT molecular complexity index is 72.0. The predicted molar refractivity (Wildman–Crippen MR) is 32.9 cm³/mol. The highest BCUT2D eigenvalue weighted by atomic mass is 79.9. The molecule has 0 nitrogen and oxygen atoms in total. The third kappa shape index (κ3) is 2.21. The Kier molecular flexibility index (Phi) is 3.14. The van der Waals surface area contributed by atoms with Crippen LogP contribution < -0.4 is 0 Å². The van der Waals surface area contributed by atoms with Crippen LogP contribution in [0.4, 0.5) is 0 Å². The van der Waals surface area contributed by atoms with Crippen LogP contribution in [0.2, 0.25) is 0 Å². The largest absolute Gasteiger partial charge is 0.0988 e. The van der Waals surface area contributed by atoms with E-state index in [1.807, 2.05) is 11.9 Å². The van der Waals surface area contributed by atoms with E-state index >= 15 is 0 Å². The smallest absolute Gasteiger partial charge is 0.0160 e. The number of hydrogen-bond acceptors (Lipinski definition) is 0. The molecule has 0 N–H and O–H groups in total. The Morgan fingerprint density at radius 1 is 1.83 bits per heavy atom. The topological polar surface area (TPSA) is 0 Å². The summed E-state index contributed by atoms with van der Waals surface area (Å²) in [5.74, 6) is 0. The van der Waals surface area contributed by atoms with E-state index in [1.165, 1.54) is 0 Å². The summed E-state index contributed by atoms with van der Waals surface area (Å²) in [5.41, 5.74) is 1.15. The summed E-state index contributed by atoms with van der Waals surface area (Å²) in [5, 5.41) is 0. The molecule has 6 heavy (non-hydrogen) atoms. The van der Waals surface area contributed by atoms with Crippen molar-refractivity contribution in [3.05, 3.63) is 23.2 Å². The van der Waals surface area contributed by atoms with Crippen LogP contribution in [0.1, 0.15) is 6.92 Å². The van der Waals surface area contributed by atoms with Crippen LogP contribution in [0.5, 0.6) is 0 Å². The molecule has 0 saturated heterocycles. The molecule has 0 aromatic carbocycles. The molecule has 0 unspecified atom stereocenters. The van der Waals surface area contributed by atoms with Gasteiger partial charge in [0.25, 0.3) is 0 Å². The molecule has 0 atom stereocenters. The SMILES string of the molecule is C=CC(C)=CBr. The minimum Gasteiger partial charge on any atom is -0.0988 e. The van der Waals surface area contributed by atoms with Gasteiger partial charge in [-0.2, -0.15) is 0 Å². The first kappa shape index (κ1) is 5.96. The molecular weight excluding hydrogens is 140 g/mol. The zero-order valence-electron chi connectivity index (χ0n) is 3.74. The molecule has 1 heteroatoms. The van der Waals surface area contributed by atoms with Gasteiger partial charge in [0.05, 0.1) is 0 Å². The van der Waals surface area contributed by atoms with Crippen molar-refractivity contribution in [2.75, 3.05) is 0 Å². The van der Waals surface area contributed by atoms with E-state index in [9.17, 15) is 0 Å². The van der Waals surface area contributed by atoms with Crippen LogP contribution in [0.25, 0.3) is 0 Å². The van der Waals surface area contributed by atoms with Crippen LogP contribution in [0.3, 0.4) is 0 Å². The minimum absolute atomic E-state index is 1.15. The lowest BCUT2D eigenvalue weighted by Crippen LogP contribution is -1.54. The highest BCUT2D eigenvalue weighted by molar-refractivity contribution is 9.11. The minimum atomic E-state index is 1.15. The molecular formula is C5H7Br. The lowest BCUT2D eigenvalue weighted by molar-refractivity contribution is 1.57. The summed E-state index contributed by atoms with van der Waals surface area (Å²) in [6, 6.07) is 0. The van der Waals surface area contributed by atoms with Crippen molar-refractivity contribution in [2.45, 2.75) is 6.92 Å². The summed E-state index contributed by atoms with van der Waals surface area (Å²) in [6.45, 7) is 5.51. The van der Waals surface area contributed by atoms with Gasteiger partial charge in [0.2, 0.25) is 0 Å². The number of halogens is 1. The second-order valence-electron chi connectivity index (χ2n) is 1.06. The molecule has 0 fully saturated rings. The summed E-state index contributed by atoms with van der Waals surface area (Å²) >= 11 is 3.14. The molecule has 0 saturated carbocycles. The third-order valence-corrected chi connectivity index (χ3v) is 1.22. The Balaban J connectivity index is 3.50. The maximum absolute atomic E-state index is 3.53. The van der Waals surface area contributed by atoms with E-state index in [0.717, 1.165) is 5.57 Å². The maximum Gasteiger partial charge on any atom is -0.0160 e. The Morgan fingerprint density at radius 2 is 2.33 bits per heavy atom. The second-order valence-corrected chi connectivity index (χ2v) is 1.52. The normalized spacial score (nSPS) is 11.3. The molecule has 0 amide bonds. The van der Waals surface area contributed by atoms with Gasteiger partial charge in [0, 0.05) is 0 Å². The summed E-state index contributed by atoms with van der Waals surface area (Å²) in [7, 11) is 0. The predicted octanol–water partition coefficient (Wildman–Crippen LogP) is 2.47. The van der Waals surface area contributed by atoms with E-state index in [2.05, 4.69) is 22.5 Å². The van der Waals surface area contributed by atoms with Gasteiger partial charge < -0.3 is 0 Å². The van der Waals surface area contributed by atoms with Crippen LogP contribution in [0, 0.1) is 0 Å². The molecule has 0 aromatic rings. The Morgan fingerprint density at radius 3 is 2.33 bits per heavy atom. The number of hydrogen-bond donors (Lipinski definition) is 0. The number of allylic oxidation sites excluding steroid dienone is 2. The standard InChI is InChI=1S/C5H7Br/c1-3-5(2)4-6/h3-4H,1H2,2H3. The van der Waals surface area contributed by atoms with Gasteiger partial charge in [0.1, 0.15) is 0 Å². The summed E-state index contributed by atoms with van der Waals surface area (Å²) in [6.07, 6.45) is 1.79. The molecule has 0 aliphatic rings. The molecule has 0 spiro atoms. The summed E-state index contributed by atoms with van der Waals surface area (Å²) in [4.78, 5) is 1.83. The molecule has 0 aliphatic heterocycles. The van der Waals surface area contributed by atoms with Gasteiger partial charge in [-0.3, -0.25) is 0 Å². The van der Waals surface area contributed by atoms with Gasteiger partial charge >= 0.3 is 0 Å². The van der Waals surface area contributed by atoms with Crippen molar-refractivity contribution in [2.24, 2.45) is 0 Å². The zero-order valence-corrected chi connectivity index (χ0v) is 5.33. The second kappa shape index (κ2) is 3.16. The van der Waals surface area contributed by atoms with Crippen LogP contribution in [-0.2, 0) is 0 Å². The summed E-state index contributed by atoms with van der Waals surface area (Å²) < 4.78 is 0. The average molecular weight is 147 g/mol. The zero-order chi connectivity index (χ0) is 4.99. The maximum atomic E-state index is 3.53. The van der Waals surface area contributed by atoms with E-state index in [1.54, 1.807) is 6.08 Å². The first-order valence-electron chi connectivity index (χ1n) is 1.70. The van der Waals surface area contributed by atoms with Gasteiger partial charge in [-0.1, -0.05) is 28.6 Å². The Labute approximate surface area is 46.7 Å². The van der Waals surface area contributed by atoms with Crippen LogP contribution in [-0.4, -0.2) is 0 Å². The van der Waals surface area contributed by atoms with Crippen molar-refractivity contribution < 1.29 is 0 Å². The molecule has 0 bridgehead atoms. The first-order valence-corrected chi connectivity index (χ1v) is 2.62. The molecule has 0 radical (unpaired) electrons. The van der Waals surface area contributed by atoms with Crippen molar-refractivity contribution in [3.63, 3.8) is 0 Å². The molecule has 0 heterocycles. The fourth-order valence-corrected chi connectivity index (χ4v) is 0.231. The van der Waals surface area contributed by atoms with Gasteiger partial charge in [0.15, 0.2) is 0 Å². The van der Waals surface area contributed by atoms with Crippen molar-refractivity contribution in [1.29, 1.82) is 0 Å². The monoisotopic (exact) mass is 146 g/mol. The van der Waals surface area contributed by atoms with E-state index < -0.39 is 0 Å². The average Bonchev–Trinajstić information content (AvgIpc) is 1.65.